The van der Waals surface area contributed by atoms with Crippen molar-refractivity contribution in [2.75, 3.05) is 6.54 Å². The van der Waals surface area contributed by atoms with Crippen molar-refractivity contribution in [1.82, 2.24) is 10.3 Å². The number of rotatable bonds is 4. The number of hydrogen-bond acceptors (Lipinski definition) is 2. The monoisotopic (exact) mass is 274 g/mol. The Balaban J connectivity index is 2.15. The fraction of sp³-hybridized carbons (Fsp3) is 0.722. The minimum Gasteiger partial charge on any atom is -0.314 e. The number of aromatic nitrogens is 1. The molecule has 1 aliphatic rings. The standard InChI is InChI=1S/C18H30N2/c1-13(2)19-11-16-8-9-18(4,5)10-17(16)15-7-6-14(3)20-12-15/h6-7,12-13,16-17,19H,8-11H2,1-5H3. The summed E-state index contributed by atoms with van der Waals surface area (Å²) in [5.74, 6) is 1.40. The topological polar surface area (TPSA) is 24.9 Å². The van der Waals surface area contributed by atoms with Gasteiger partial charge in [-0.05, 0) is 61.6 Å². The zero-order valence-electron chi connectivity index (χ0n) is 13.7. The third-order valence-electron chi connectivity index (χ3n) is 4.68. The molecule has 1 saturated carbocycles. The van der Waals surface area contributed by atoms with E-state index < -0.39 is 0 Å². The van der Waals surface area contributed by atoms with E-state index in [0.717, 1.165) is 18.2 Å². The lowest BCUT2D eigenvalue weighted by Crippen LogP contribution is -2.37. The fourth-order valence-corrected chi connectivity index (χ4v) is 3.36. The molecule has 0 amide bonds. The lowest BCUT2D eigenvalue weighted by Gasteiger charge is -2.41. The summed E-state index contributed by atoms with van der Waals surface area (Å²) in [6.07, 6.45) is 6.05. The number of nitrogens with one attached hydrogen (secondary N) is 1. The minimum absolute atomic E-state index is 0.462. The molecule has 2 nitrogen and oxygen atoms in total. The maximum Gasteiger partial charge on any atom is 0.0372 e. The molecule has 2 rings (SSSR count). The van der Waals surface area contributed by atoms with Gasteiger partial charge in [-0.25, -0.2) is 0 Å². The zero-order valence-corrected chi connectivity index (χ0v) is 13.7. The highest BCUT2D eigenvalue weighted by Gasteiger charge is 2.35. The van der Waals surface area contributed by atoms with Gasteiger partial charge in [-0.1, -0.05) is 33.8 Å². The van der Waals surface area contributed by atoms with Crippen LogP contribution in [0.3, 0.4) is 0 Å². The highest BCUT2D eigenvalue weighted by atomic mass is 14.9. The van der Waals surface area contributed by atoms with Crippen LogP contribution in [0.2, 0.25) is 0 Å². The Morgan fingerprint density at radius 2 is 2.10 bits per heavy atom. The highest BCUT2D eigenvalue weighted by molar-refractivity contribution is 5.20. The molecule has 1 aromatic rings. The van der Waals surface area contributed by atoms with Crippen molar-refractivity contribution in [3.8, 4) is 0 Å². The molecule has 0 saturated heterocycles. The first kappa shape index (κ1) is 15.5. The number of aryl methyl sites for hydroxylation is 1. The van der Waals surface area contributed by atoms with Crippen molar-refractivity contribution in [3.05, 3.63) is 29.6 Å². The van der Waals surface area contributed by atoms with Gasteiger partial charge in [0.1, 0.15) is 0 Å². The van der Waals surface area contributed by atoms with E-state index in [4.69, 9.17) is 0 Å². The molecule has 1 N–H and O–H groups in total. The van der Waals surface area contributed by atoms with E-state index in [-0.39, 0.29) is 0 Å². The average Bonchev–Trinajstić information content (AvgIpc) is 2.37. The van der Waals surface area contributed by atoms with E-state index in [1.165, 1.54) is 24.8 Å². The van der Waals surface area contributed by atoms with E-state index in [1.54, 1.807) is 0 Å². The minimum atomic E-state index is 0.462. The van der Waals surface area contributed by atoms with E-state index in [1.807, 2.05) is 0 Å². The SMILES string of the molecule is Cc1ccc(C2CC(C)(C)CCC2CNC(C)C)cn1. The molecule has 1 aromatic heterocycles. The first-order valence-corrected chi connectivity index (χ1v) is 8.03. The number of pyridine rings is 1. The second-order valence-electron chi connectivity index (χ2n) is 7.57. The molecule has 1 heterocycles. The fourth-order valence-electron chi connectivity index (χ4n) is 3.36. The maximum atomic E-state index is 4.51. The van der Waals surface area contributed by atoms with Crippen LogP contribution in [-0.2, 0) is 0 Å². The molecule has 0 spiro atoms. The van der Waals surface area contributed by atoms with Crippen LogP contribution in [0.5, 0.6) is 0 Å². The first-order chi connectivity index (χ1) is 9.37. The normalized spacial score (nSPS) is 25.9. The van der Waals surface area contributed by atoms with Crippen molar-refractivity contribution in [3.63, 3.8) is 0 Å². The van der Waals surface area contributed by atoms with E-state index in [9.17, 15) is 0 Å². The van der Waals surface area contributed by atoms with E-state index in [2.05, 4.69) is 63.2 Å². The molecule has 0 bridgehead atoms. The lowest BCUT2D eigenvalue weighted by molar-refractivity contribution is 0.158. The van der Waals surface area contributed by atoms with Crippen molar-refractivity contribution >= 4 is 0 Å². The van der Waals surface area contributed by atoms with Crippen LogP contribution in [0.1, 0.15) is 64.1 Å². The molecule has 1 fully saturated rings. The Morgan fingerprint density at radius 3 is 2.70 bits per heavy atom. The van der Waals surface area contributed by atoms with Gasteiger partial charge in [0.15, 0.2) is 0 Å². The Kier molecular flexibility index (Phi) is 4.85. The quantitative estimate of drug-likeness (QED) is 0.885. The maximum absolute atomic E-state index is 4.51. The second kappa shape index (κ2) is 6.26. The first-order valence-electron chi connectivity index (χ1n) is 8.03. The molecular formula is C18H30N2. The summed E-state index contributed by atoms with van der Waals surface area (Å²) < 4.78 is 0. The Labute approximate surface area is 124 Å². The number of hydrogen-bond donors (Lipinski definition) is 1. The summed E-state index contributed by atoms with van der Waals surface area (Å²) in [5.41, 5.74) is 3.00. The average molecular weight is 274 g/mol. The van der Waals surface area contributed by atoms with Crippen molar-refractivity contribution in [2.45, 2.75) is 65.8 Å². The molecule has 1 aliphatic carbocycles. The van der Waals surface area contributed by atoms with Gasteiger partial charge >= 0.3 is 0 Å². The predicted octanol–water partition coefficient (Wildman–Crippen LogP) is 4.30. The third kappa shape index (κ3) is 4.05. The summed E-state index contributed by atoms with van der Waals surface area (Å²) in [6, 6.07) is 5.02. The van der Waals surface area contributed by atoms with Gasteiger partial charge in [0.2, 0.25) is 0 Å². The molecule has 0 radical (unpaired) electrons. The smallest absolute Gasteiger partial charge is 0.0372 e. The highest BCUT2D eigenvalue weighted by Crippen LogP contribution is 2.46. The van der Waals surface area contributed by atoms with Gasteiger partial charge in [0.25, 0.3) is 0 Å². The summed E-state index contributed by atoms with van der Waals surface area (Å²) in [5, 5.41) is 3.63. The molecule has 2 heteroatoms. The Morgan fingerprint density at radius 1 is 1.35 bits per heavy atom. The summed E-state index contributed by atoms with van der Waals surface area (Å²) in [6.45, 7) is 12.5. The molecule has 0 aliphatic heterocycles. The summed E-state index contributed by atoms with van der Waals surface area (Å²) in [7, 11) is 0. The van der Waals surface area contributed by atoms with Crippen LogP contribution in [0, 0.1) is 18.3 Å². The summed E-state index contributed by atoms with van der Waals surface area (Å²) >= 11 is 0. The lowest BCUT2D eigenvalue weighted by atomic mass is 9.65. The molecule has 2 atom stereocenters. The van der Waals surface area contributed by atoms with Crippen molar-refractivity contribution < 1.29 is 0 Å². The van der Waals surface area contributed by atoms with Gasteiger partial charge in [-0.2, -0.15) is 0 Å². The predicted molar refractivity (Wildman–Crippen MR) is 86.0 cm³/mol. The van der Waals surface area contributed by atoms with Gasteiger partial charge in [0, 0.05) is 17.9 Å². The van der Waals surface area contributed by atoms with Gasteiger partial charge in [-0.15, -0.1) is 0 Å². The van der Waals surface area contributed by atoms with Crippen LogP contribution in [0.4, 0.5) is 0 Å². The van der Waals surface area contributed by atoms with Crippen LogP contribution >= 0.6 is 0 Å². The van der Waals surface area contributed by atoms with E-state index >= 15 is 0 Å². The Bertz CT molecular complexity index is 418. The molecule has 2 unspecified atom stereocenters. The number of nitrogens with zero attached hydrogens (tertiary/aromatic N) is 1. The van der Waals surface area contributed by atoms with Crippen molar-refractivity contribution in [1.29, 1.82) is 0 Å². The van der Waals surface area contributed by atoms with Crippen LogP contribution in [-0.4, -0.2) is 17.6 Å². The van der Waals surface area contributed by atoms with Crippen LogP contribution in [0.25, 0.3) is 0 Å². The molecular weight excluding hydrogens is 244 g/mol. The largest absolute Gasteiger partial charge is 0.314 e. The molecule has 0 aromatic carbocycles. The van der Waals surface area contributed by atoms with Crippen LogP contribution < -0.4 is 5.32 Å². The summed E-state index contributed by atoms with van der Waals surface area (Å²) in [4.78, 5) is 4.51. The molecule has 20 heavy (non-hydrogen) atoms. The van der Waals surface area contributed by atoms with Crippen LogP contribution in [0.15, 0.2) is 18.3 Å². The Hall–Kier alpha value is -0.890. The zero-order chi connectivity index (χ0) is 14.8. The second-order valence-corrected chi connectivity index (χ2v) is 7.57. The van der Waals surface area contributed by atoms with Gasteiger partial charge in [-0.3, -0.25) is 4.98 Å². The van der Waals surface area contributed by atoms with Gasteiger partial charge in [0.05, 0.1) is 0 Å². The van der Waals surface area contributed by atoms with E-state index in [0.29, 0.717) is 17.4 Å². The van der Waals surface area contributed by atoms with Gasteiger partial charge < -0.3 is 5.32 Å². The molecule has 112 valence electrons. The van der Waals surface area contributed by atoms with Crippen molar-refractivity contribution in [2.24, 2.45) is 11.3 Å². The third-order valence-corrected chi connectivity index (χ3v) is 4.68.